The topological polar surface area (TPSA) is 54.9 Å². The first kappa shape index (κ1) is 19.5. The standard InChI is InChI=1S/C20H24ClN3O3/c1-26-19-17(20(25)27-2)8-9-18(22-19)24-11-3-10-23(12-13-24)14-15-4-6-16(21)7-5-15/h4-9H,3,10-14H2,1-2H3. The maximum Gasteiger partial charge on any atom is 0.343 e. The van der Waals surface area contributed by atoms with E-state index in [2.05, 4.69) is 26.9 Å². The lowest BCUT2D eigenvalue weighted by molar-refractivity contribution is 0.0596. The van der Waals surface area contributed by atoms with Gasteiger partial charge < -0.3 is 14.4 Å². The average Bonchev–Trinajstić information content (AvgIpc) is 2.94. The second kappa shape index (κ2) is 9.06. The quantitative estimate of drug-likeness (QED) is 0.732. The van der Waals surface area contributed by atoms with E-state index in [1.807, 2.05) is 18.2 Å². The van der Waals surface area contributed by atoms with Crippen molar-refractivity contribution in [1.82, 2.24) is 9.88 Å². The van der Waals surface area contributed by atoms with Gasteiger partial charge >= 0.3 is 5.97 Å². The van der Waals surface area contributed by atoms with E-state index in [0.717, 1.165) is 50.0 Å². The summed E-state index contributed by atoms with van der Waals surface area (Å²) in [5, 5.41) is 0.760. The van der Waals surface area contributed by atoms with Crippen LogP contribution in [0, 0.1) is 0 Å². The molecule has 1 aromatic heterocycles. The number of carbonyl (C=O) groups excluding carboxylic acids is 1. The Labute approximate surface area is 164 Å². The second-order valence-corrected chi connectivity index (χ2v) is 6.90. The highest BCUT2D eigenvalue weighted by atomic mass is 35.5. The van der Waals surface area contributed by atoms with E-state index in [1.54, 1.807) is 6.07 Å². The third-order valence-electron chi connectivity index (χ3n) is 4.68. The summed E-state index contributed by atoms with van der Waals surface area (Å²) in [6, 6.07) is 11.6. The molecule has 0 amide bonds. The van der Waals surface area contributed by atoms with Gasteiger partial charge in [-0.25, -0.2) is 4.79 Å². The fraction of sp³-hybridized carbons (Fsp3) is 0.400. The average molecular weight is 390 g/mol. The summed E-state index contributed by atoms with van der Waals surface area (Å²) in [6.07, 6.45) is 1.04. The summed E-state index contributed by atoms with van der Waals surface area (Å²) in [5.41, 5.74) is 1.60. The molecule has 7 heteroatoms. The Balaban J connectivity index is 1.67. The fourth-order valence-electron chi connectivity index (χ4n) is 3.23. The SMILES string of the molecule is COC(=O)c1ccc(N2CCCN(Cc3ccc(Cl)cc3)CC2)nc1OC. The highest BCUT2D eigenvalue weighted by Gasteiger charge is 2.20. The van der Waals surface area contributed by atoms with Gasteiger partial charge in [-0.1, -0.05) is 23.7 Å². The van der Waals surface area contributed by atoms with Crippen molar-refractivity contribution < 1.29 is 14.3 Å². The van der Waals surface area contributed by atoms with E-state index in [4.69, 9.17) is 21.1 Å². The first-order chi connectivity index (χ1) is 13.1. The Hall–Kier alpha value is -2.31. The number of hydrogen-bond acceptors (Lipinski definition) is 6. The number of carbonyl (C=O) groups is 1. The van der Waals surface area contributed by atoms with Crippen molar-refractivity contribution >= 4 is 23.4 Å². The number of nitrogens with zero attached hydrogens (tertiary/aromatic N) is 3. The van der Waals surface area contributed by atoms with Gasteiger partial charge in [-0.15, -0.1) is 0 Å². The summed E-state index contributed by atoms with van der Waals surface area (Å²) < 4.78 is 10.1. The van der Waals surface area contributed by atoms with Gasteiger partial charge in [0, 0.05) is 37.7 Å². The van der Waals surface area contributed by atoms with Crippen LogP contribution < -0.4 is 9.64 Å². The third-order valence-corrected chi connectivity index (χ3v) is 4.93. The van der Waals surface area contributed by atoms with Crippen LogP contribution in [-0.2, 0) is 11.3 Å². The largest absolute Gasteiger partial charge is 0.480 e. The molecule has 144 valence electrons. The van der Waals surface area contributed by atoms with E-state index >= 15 is 0 Å². The molecule has 0 atom stereocenters. The lowest BCUT2D eigenvalue weighted by Crippen LogP contribution is -2.31. The van der Waals surface area contributed by atoms with Crippen LogP contribution in [0.3, 0.4) is 0 Å². The molecule has 0 aliphatic carbocycles. The lowest BCUT2D eigenvalue weighted by atomic mass is 10.2. The Kier molecular flexibility index (Phi) is 6.53. The summed E-state index contributed by atoms with van der Waals surface area (Å²) in [5.74, 6) is 0.658. The predicted octanol–water partition coefficient (Wildman–Crippen LogP) is 3.24. The molecule has 0 bridgehead atoms. The number of ether oxygens (including phenoxy) is 2. The maximum atomic E-state index is 11.8. The molecule has 1 aliphatic rings. The molecule has 2 aromatic rings. The first-order valence-electron chi connectivity index (χ1n) is 8.96. The molecule has 1 aliphatic heterocycles. The lowest BCUT2D eigenvalue weighted by Gasteiger charge is -2.23. The predicted molar refractivity (Wildman–Crippen MR) is 106 cm³/mol. The summed E-state index contributed by atoms with van der Waals surface area (Å²) in [6.45, 7) is 4.64. The van der Waals surface area contributed by atoms with Crippen molar-refractivity contribution in [2.24, 2.45) is 0 Å². The molecule has 0 spiro atoms. The normalized spacial score (nSPS) is 15.3. The van der Waals surface area contributed by atoms with Crippen LogP contribution in [0.4, 0.5) is 5.82 Å². The minimum atomic E-state index is -0.448. The van der Waals surface area contributed by atoms with E-state index in [9.17, 15) is 4.79 Å². The zero-order valence-electron chi connectivity index (χ0n) is 15.7. The molecule has 3 rings (SSSR count). The molecule has 0 saturated carbocycles. The molecule has 1 saturated heterocycles. The second-order valence-electron chi connectivity index (χ2n) is 6.46. The first-order valence-corrected chi connectivity index (χ1v) is 9.33. The van der Waals surface area contributed by atoms with E-state index in [1.165, 1.54) is 19.8 Å². The van der Waals surface area contributed by atoms with Gasteiger partial charge in [-0.2, -0.15) is 4.98 Å². The van der Waals surface area contributed by atoms with Crippen molar-refractivity contribution in [2.75, 3.05) is 45.3 Å². The number of esters is 1. The number of hydrogen-bond donors (Lipinski definition) is 0. The Morgan fingerprint density at radius 1 is 1.07 bits per heavy atom. The van der Waals surface area contributed by atoms with Crippen LogP contribution in [0.2, 0.25) is 5.02 Å². The van der Waals surface area contributed by atoms with Crippen LogP contribution in [0.5, 0.6) is 5.88 Å². The monoisotopic (exact) mass is 389 g/mol. The van der Waals surface area contributed by atoms with Gasteiger partial charge in [-0.05, 0) is 36.2 Å². The maximum absolute atomic E-state index is 11.8. The molecule has 0 radical (unpaired) electrons. The minimum Gasteiger partial charge on any atom is -0.480 e. The zero-order valence-corrected chi connectivity index (χ0v) is 16.4. The minimum absolute atomic E-state index is 0.293. The van der Waals surface area contributed by atoms with Gasteiger partial charge in [0.1, 0.15) is 11.4 Å². The van der Waals surface area contributed by atoms with Gasteiger partial charge in [0.15, 0.2) is 0 Å². The van der Waals surface area contributed by atoms with Crippen molar-refractivity contribution in [3.05, 3.63) is 52.5 Å². The summed E-state index contributed by atoms with van der Waals surface area (Å²) >= 11 is 5.97. The number of anilines is 1. The van der Waals surface area contributed by atoms with E-state index in [-0.39, 0.29) is 0 Å². The molecule has 2 heterocycles. The van der Waals surface area contributed by atoms with Crippen molar-refractivity contribution in [3.8, 4) is 5.88 Å². The molecule has 6 nitrogen and oxygen atoms in total. The number of pyridine rings is 1. The number of benzene rings is 1. The van der Waals surface area contributed by atoms with Crippen molar-refractivity contribution in [1.29, 1.82) is 0 Å². The smallest absolute Gasteiger partial charge is 0.343 e. The van der Waals surface area contributed by atoms with Gasteiger partial charge in [0.05, 0.1) is 14.2 Å². The van der Waals surface area contributed by atoms with Crippen LogP contribution in [-0.4, -0.2) is 56.3 Å². The molecule has 1 aromatic carbocycles. The highest BCUT2D eigenvalue weighted by molar-refractivity contribution is 6.30. The van der Waals surface area contributed by atoms with Gasteiger partial charge in [0.2, 0.25) is 5.88 Å². The summed E-state index contributed by atoms with van der Waals surface area (Å²) in [4.78, 5) is 21.0. The van der Waals surface area contributed by atoms with Crippen LogP contribution in [0.15, 0.2) is 36.4 Å². The van der Waals surface area contributed by atoms with Crippen LogP contribution >= 0.6 is 11.6 Å². The number of methoxy groups -OCH3 is 2. The third kappa shape index (κ3) is 4.90. The Morgan fingerprint density at radius 3 is 2.56 bits per heavy atom. The van der Waals surface area contributed by atoms with Crippen LogP contribution in [0.25, 0.3) is 0 Å². The fourth-order valence-corrected chi connectivity index (χ4v) is 3.36. The molecule has 1 fully saturated rings. The Bertz CT molecular complexity index is 783. The molecule has 0 N–H and O–H groups in total. The number of aromatic nitrogens is 1. The Morgan fingerprint density at radius 2 is 1.85 bits per heavy atom. The molecule has 27 heavy (non-hydrogen) atoms. The van der Waals surface area contributed by atoms with Crippen LogP contribution in [0.1, 0.15) is 22.3 Å². The van der Waals surface area contributed by atoms with Crippen molar-refractivity contribution in [2.45, 2.75) is 13.0 Å². The van der Waals surface area contributed by atoms with E-state index in [0.29, 0.717) is 11.4 Å². The van der Waals surface area contributed by atoms with Gasteiger partial charge in [0.25, 0.3) is 0 Å². The van der Waals surface area contributed by atoms with Crippen molar-refractivity contribution in [3.63, 3.8) is 0 Å². The van der Waals surface area contributed by atoms with Gasteiger partial charge in [-0.3, -0.25) is 4.90 Å². The highest BCUT2D eigenvalue weighted by Crippen LogP contribution is 2.23. The summed E-state index contributed by atoms with van der Waals surface area (Å²) in [7, 11) is 2.86. The molecular formula is C20H24ClN3O3. The zero-order chi connectivity index (χ0) is 19.2. The number of halogens is 1. The molecular weight excluding hydrogens is 366 g/mol. The number of rotatable bonds is 5. The molecule has 0 unspecified atom stereocenters. The van der Waals surface area contributed by atoms with E-state index < -0.39 is 5.97 Å².